The van der Waals surface area contributed by atoms with Gasteiger partial charge in [-0.15, -0.1) is 0 Å². The predicted molar refractivity (Wildman–Crippen MR) is 103 cm³/mol. The van der Waals surface area contributed by atoms with E-state index in [1.54, 1.807) is 12.4 Å². The van der Waals surface area contributed by atoms with Gasteiger partial charge in [0.15, 0.2) is 0 Å². The molecule has 26 heavy (non-hydrogen) atoms. The van der Waals surface area contributed by atoms with Gasteiger partial charge in [-0.2, -0.15) is 0 Å². The molecule has 6 nitrogen and oxygen atoms in total. The lowest BCUT2D eigenvalue weighted by molar-refractivity contribution is 0.102. The first-order chi connectivity index (χ1) is 12.7. The van der Waals surface area contributed by atoms with Gasteiger partial charge in [0.1, 0.15) is 17.3 Å². The lowest BCUT2D eigenvalue weighted by atomic mass is 10.0. The number of ether oxygens (including phenoxy) is 1. The topological polar surface area (TPSA) is 67.3 Å². The molecule has 1 aromatic heterocycles. The maximum atomic E-state index is 12.4. The Kier molecular flexibility index (Phi) is 6.04. The number of anilines is 2. The fraction of sp³-hybridized carbons (Fsp3) is 0.450. The van der Waals surface area contributed by atoms with Crippen LogP contribution in [0.1, 0.15) is 50.0 Å². The number of rotatable bonds is 6. The van der Waals surface area contributed by atoms with Gasteiger partial charge in [0.25, 0.3) is 5.91 Å². The lowest BCUT2D eigenvalue weighted by Crippen LogP contribution is -2.39. The van der Waals surface area contributed by atoms with Crippen molar-refractivity contribution in [3.8, 4) is 5.75 Å². The number of benzene rings is 1. The molecule has 1 atom stereocenters. The summed E-state index contributed by atoms with van der Waals surface area (Å²) < 4.78 is 5.40. The zero-order chi connectivity index (χ0) is 18.4. The smallest absolute Gasteiger partial charge is 0.275 e. The number of aromatic nitrogens is 2. The molecule has 1 amide bonds. The van der Waals surface area contributed by atoms with E-state index in [0.29, 0.717) is 24.0 Å². The summed E-state index contributed by atoms with van der Waals surface area (Å²) in [7, 11) is 0. The molecular formula is C20H26N4O2. The van der Waals surface area contributed by atoms with E-state index in [1.807, 2.05) is 31.2 Å². The predicted octanol–water partition coefficient (Wildman–Crippen LogP) is 3.90. The summed E-state index contributed by atoms with van der Waals surface area (Å²) in [6, 6.07) is 7.79. The summed E-state index contributed by atoms with van der Waals surface area (Å²) in [4.78, 5) is 23.5. The van der Waals surface area contributed by atoms with Crippen LogP contribution in [0.2, 0.25) is 0 Å². The molecule has 0 bridgehead atoms. The summed E-state index contributed by atoms with van der Waals surface area (Å²) in [6.07, 6.45) is 8.00. The van der Waals surface area contributed by atoms with E-state index in [1.165, 1.54) is 19.3 Å². The average molecular weight is 354 g/mol. The highest BCUT2D eigenvalue weighted by atomic mass is 16.5. The Bertz CT molecular complexity index is 716. The number of hydrogen-bond donors (Lipinski definition) is 1. The van der Waals surface area contributed by atoms with Gasteiger partial charge in [-0.05, 0) is 56.9 Å². The Hall–Kier alpha value is -2.63. The second-order valence-electron chi connectivity index (χ2n) is 6.42. The Balaban J connectivity index is 1.64. The minimum Gasteiger partial charge on any atom is -0.494 e. The number of carbonyl (C=O) groups excluding carboxylic acids is 1. The van der Waals surface area contributed by atoms with Gasteiger partial charge in [0.05, 0.1) is 19.0 Å². The molecule has 3 rings (SSSR count). The van der Waals surface area contributed by atoms with E-state index in [9.17, 15) is 4.79 Å². The van der Waals surface area contributed by atoms with Crippen LogP contribution in [0.3, 0.4) is 0 Å². The molecule has 1 aromatic carbocycles. The number of piperidine rings is 1. The van der Waals surface area contributed by atoms with E-state index in [-0.39, 0.29) is 5.91 Å². The number of nitrogens with one attached hydrogen (secondary N) is 1. The van der Waals surface area contributed by atoms with E-state index in [4.69, 9.17) is 4.74 Å². The van der Waals surface area contributed by atoms with Gasteiger partial charge in [-0.3, -0.25) is 4.79 Å². The molecule has 1 aliphatic rings. The second kappa shape index (κ2) is 8.65. The monoisotopic (exact) mass is 354 g/mol. The van der Waals surface area contributed by atoms with Crippen molar-refractivity contribution in [1.82, 2.24) is 9.97 Å². The Morgan fingerprint density at radius 3 is 2.65 bits per heavy atom. The van der Waals surface area contributed by atoms with Crippen molar-refractivity contribution in [1.29, 1.82) is 0 Å². The molecule has 138 valence electrons. The average Bonchev–Trinajstić information content (AvgIpc) is 2.70. The molecule has 0 aliphatic carbocycles. The third-order valence-electron chi connectivity index (χ3n) is 4.69. The van der Waals surface area contributed by atoms with Crippen LogP contribution >= 0.6 is 0 Å². The molecule has 0 spiro atoms. The first-order valence-electron chi connectivity index (χ1n) is 9.34. The van der Waals surface area contributed by atoms with E-state index in [0.717, 1.165) is 24.5 Å². The lowest BCUT2D eigenvalue weighted by Gasteiger charge is -2.35. The maximum Gasteiger partial charge on any atom is 0.275 e. The molecule has 0 saturated carbocycles. The molecule has 1 aliphatic heterocycles. The second-order valence-corrected chi connectivity index (χ2v) is 6.42. The van der Waals surface area contributed by atoms with Crippen molar-refractivity contribution in [2.45, 2.75) is 45.6 Å². The summed E-state index contributed by atoms with van der Waals surface area (Å²) in [5, 5.41) is 2.84. The quantitative estimate of drug-likeness (QED) is 0.852. The molecule has 6 heteroatoms. The number of amides is 1. The molecule has 2 heterocycles. The van der Waals surface area contributed by atoms with Crippen molar-refractivity contribution < 1.29 is 9.53 Å². The van der Waals surface area contributed by atoms with E-state index >= 15 is 0 Å². The maximum absolute atomic E-state index is 12.4. The minimum absolute atomic E-state index is 0.265. The van der Waals surface area contributed by atoms with Crippen LogP contribution < -0.4 is 15.0 Å². The summed E-state index contributed by atoms with van der Waals surface area (Å²) >= 11 is 0. The van der Waals surface area contributed by atoms with Crippen molar-refractivity contribution in [2.24, 2.45) is 0 Å². The molecular weight excluding hydrogens is 328 g/mol. The van der Waals surface area contributed by atoms with Crippen LogP contribution in [-0.4, -0.2) is 35.1 Å². The molecule has 2 aromatic rings. The zero-order valence-corrected chi connectivity index (χ0v) is 15.4. The highest BCUT2D eigenvalue weighted by molar-refractivity contribution is 6.02. The molecule has 1 unspecified atom stereocenters. The number of nitrogens with zero attached hydrogens (tertiary/aromatic N) is 3. The summed E-state index contributed by atoms with van der Waals surface area (Å²) in [5.41, 5.74) is 1.01. The fourth-order valence-corrected chi connectivity index (χ4v) is 3.31. The van der Waals surface area contributed by atoms with Gasteiger partial charge in [-0.25, -0.2) is 9.97 Å². The molecule has 0 radical (unpaired) electrons. The van der Waals surface area contributed by atoms with Gasteiger partial charge >= 0.3 is 0 Å². The van der Waals surface area contributed by atoms with Crippen LogP contribution in [0.25, 0.3) is 0 Å². The first-order valence-corrected chi connectivity index (χ1v) is 9.34. The largest absolute Gasteiger partial charge is 0.494 e. The fourth-order valence-electron chi connectivity index (χ4n) is 3.31. The third-order valence-corrected chi connectivity index (χ3v) is 4.69. The Morgan fingerprint density at radius 1 is 1.19 bits per heavy atom. The van der Waals surface area contributed by atoms with Gasteiger partial charge in [-0.1, -0.05) is 6.92 Å². The van der Waals surface area contributed by atoms with E-state index in [2.05, 4.69) is 27.1 Å². The van der Waals surface area contributed by atoms with Crippen LogP contribution in [0.4, 0.5) is 11.5 Å². The number of carbonyl (C=O) groups is 1. The highest BCUT2D eigenvalue weighted by Gasteiger charge is 2.22. The van der Waals surface area contributed by atoms with Gasteiger partial charge in [0, 0.05) is 18.3 Å². The summed E-state index contributed by atoms with van der Waals surface area (Å²) in [6.45, 7) is 5.76. The molecule has 1 fully saturated rings. The van der Waals surface area contributed by atoms with Crippen molar-refractivity contribution in [3.05, 3.63) is 42.4 Å². The van der Waals surface area contributed by atoms with Crippen LogP contribution in [0, 0.1) is 0 Å². The van der Waals surface area contributed by atoms with Crippen LogP contribution in [0.5, 0.6) is 5.75 Å². The zero-order valence-electron chi connectivity index (χ0n) is 15.4. The molecule has 1 N–H and O–H groups in total. The highest BCUT2D eigenvalue weighted by Crippen LogP contribution is 2.24. The van der Waals surface area contributed by atoms with Gasteiger partial charge < -0.3 is 15.0 Å². The minimum atomic E-state index is -0.265. The standard InChI is InChI=1S/C20H26N4O2/c1-3-16-7-5-6-12-24(16)19-14-21-18(13-22-19)20(25)23-15-8-10-17(11-9-15)26-4-2/h8-11,13-14,16H,3-7,12H2,1-2H3,(H,23,25). The van der Waals surface area contributed by atoms with E-state index < -0.39 is 0 Å². The SMILES string of the molecule is CCOc1ccc(NC(=O)c2cnc(N3CCCCC3CC)cn2)cc1. The Morgan fingerprint density at radius 2 is 2.00 bits per heavy atom. The number of hydrogen-bond acceptors (Lipinski definition) is 5. The van der Waals surface area contributed by atoms with Crippen LogP contribution in [-0.2, 0) is 0 Å². The van der Waals surface area contributed by atoms with Gasteiger partial charge in [0.2, 0.25) is 0 Å². The third kappa shape index (κ3) is 4.31. The normalized spacial score (nSPS) is 17.0. The summed E-state index contributed by atoms with van der Waals surface area (Å²) in [5.74, 6) is 1.37. The Labute approximate surface area is 154 Å². The van der Waals surface area contributed by atoms with Crippen molar-refractivity contribution in [2.75, 3.05) is 23.4 Å². The van der Waals surface area contributed by atoms with Crippen molar-refractivity contribution in [3.63, 3.8) is 0 Å². The van der Waals surface area contributed by atoms with Crippen molar-refractivity contribution >= 4 is 17.4 Å². The van der Waals surface area contributed by atoms with Crippen LogP contribution in [0.15, 0.2) is 36.7 Å². The molecule has 1 saturated heterocycles. The first kappa shape index (κ1) is 18.2.